The van der Waals surface area contributed by atoms with E-state index in [1.54, 1.807) is 0 Å². The quantitative estimate of drug-likeness (QED) is 0.587. The molecule has 0 radical (unpaired) electrons. The molecule has 3 rings (SSSR count). The lowest BCUT2D eigenvalue weighted by Gasteiger charge is -2.12. The first-order chi connectivity index (χ1) is 11.7. The molecule has 2 nitrogen and oxygen atoms in total. The third-order valence-corrected chi connectivity index (χ3v) is 4.70. The average molecular weight is 319 g/mol. The fraction of sp³-hybridized carbons (Fsp3) is 0.318. The summed E-state index contributed by atoms with van der Waals surface area (Å²) in [5.74, 6) is 0. The predicted molar refractivity (Wildman–Crippen MR) is 103 cm³/mol. The molecule has 1 heterocycles. The summed E-state index contributed by atoms with van der Waals surface area (Å²) in [6.07, 6.45) is 6.17. The van der Waals surface area contributed by atoms with Crippen LogP contribution in [0.3, 0.4) is 0 Å². The number of aryl methyl sites for hydroxylation is 1. The van der Waals surface area contributed by atoms with Crippen LogP contribution >= 0.6 is 0 Å². The molecule has 0 aliphatic rings. The summed E-state index contributed by atoms with van der Waals surface area (Å²) in [4.78, 5) is 15.3. The molecule has 0 bridgehead atoms. The number of H-pyrrole nitrogens is 1. The second-order valence-electron chi connectivity index (χ2n) is 6.51. The highest BCUT2D eigenvalue weighted by molar-refractivity contribution is 5.96. The lowest BCUT2D eigenvalue weighted by molar-refractivity contribution is 0.667. The van der Waals surface area contributed by atoms with Gasteiger partial charge < -0.3 is 4.98 Å². The molecule has 0 saturated carbocycles. The maximum absolute atomic E-state index is 12.3. The van der Waals surface area contributed by atoms with E-state index in [-0.39, 0.29) is 5.56 Å². The zero-order valence-corrected chi connectivity index (χ0v) is 14.6. The second kappa shape index (κ2) is 7.48. The van der Waals surface area contributed by atoms with Gasteiger partial charge in [0.15, 0.2) is 0 Å². The third-order valence-electron chi connectivity index (χ3n) is 4.70. The Kier molecular flexibility index (Phi) is 5.14. The number of nitrogens with one attached hydrogen (secondary N) is 1. The summed E-state index contributed by atoms with van der Waals surface area (Å²) in [6.45, 7) is 4.15. The van der Waals surface area contributed by atoms with Crippen LogP contribution in [0.15, 0.2) is 53.3 Å². The van der Waals surface area contributed by atoms with Crippen LogP contribution in [0.5, 0.6) is 0 Å². The van der Waals surface area contributed by atoms with E-state index < -0.39 is 0 Å². The van der Waals surface area contributed by atoms with Gasteiger partial charge in [-0.25, -0.2) is 0 Å². The molecule has 0 unspecified atom stereocenters. The summed E-state index contributed by atoms with van der Waals surface area (Å²) in [5, 5.41) is 1.14. The number of benzene rings is 2. The maximum Gasteiger partial charge on any atom is 0.251 e. The average Bonchev–Trinajstić information content (AvgIpc) is 2.61. The number of pyridine rings is 1. The minimum absolute atomic E-state index is 0.00273. The van der Waals surface area contributed by atoms with E-state index in [9.17, 15) is 4.79 Å². The van der Waals surface area contributed by atoms with Gasteiger partial charge in [0, 0.05) is 16.5 Å². The molecular formula is C22H25NO. The summed E-state index contributed by atoms with van der Waals surface area (Å²) in [5.41, 5.74) is 5.22. The highest BCUT2D eigenvalue weighted by Crippen LogP contribution is 2.30. The molecule has 1 N–H and O–H groups in total. The van der Waals surface area contributed by atoms with Gasteiger partial charge in [0.25, 0.3) is 5.56 Å². The Morgan fingerprint density at radius 2 is 1.75 bits per heavy atom. The molecule has 0 aliphatic carbocycles. The molecule has 1 aromatic heterocycles. The number of unbranched alkanes of at least 4 members (excludes halogenated alkanes) is 3. The number of hydrogen-bond acceptors (Lipinski definition) is 1. The first-order valence-electron chi connectivity index (χ1n) is 8.91. The first-order valence-corrected chi connectivity index (χ1v) is 8.91. The van der Waals surface area contributed by atoms with Gasteiger partial charge in [0.05, 0.1) is 0 Å². The summed E-state index contributed by atoms with van der Waals surface area (Å²) < 4.78 is 0. The molecule has 0 spiro atoms. The number of rotatable bonds is 6. The predicted octanol–water partition coefficient (Wildman–Crippen LogP) is 5.63. The van der Waals surface area contributed by atoms with Crippen LogP contribution in [-0.2, 0) is 6.42 Å². The van der Waals surface area contributed by atoms with Crippen molar-refractivity contribution in [1.29, 1.82) is 0 Å². The number of aromatic nitrogens is 1. The third kappa shape index (κ3) is 3.43. The van der Waals surface area contributed by atoms with Gasteiger partial charge in [-0.05, 0) is 48.6 Å². The molecule has 0 fully saturated rings. The van der Waals surface area contributed by atoms with Gasteiger partial charge in [-0.3, -0.25) is 4.79 Å². The number of hydrogen-bond donors (Lipinski definition) is 1. The van der Waals surface area contributed by atoms with E-state index in [1.165, 1.54) is 31.2 Å². The summed E-state index contributed by atoms with van der Waals surface area (Å²) >= 11 is 0. The van der Waals surface area contributed by atoms with Gasteiger partial charge in [0.1, 0.15) is 0 Å². The monoisotopic (exact) mass is 319 g/mol. The van der Waals surface area contributed by atoms with Gasteiger partial charge in [-0.2, -0.15) is 0 Å². The van der Waals surface area contributed by atoms with E-state index in [0.717, 1.165) is 34.0 Å². The molecule has 0 amide bonds. The van der Waals surface area contributed by atoms with Crippen molar-refractivity contribution < 1.29 is 0 Å². The minimum Gasteiger partial charge on any atom is -0.322 e. The summed E-state index contributed by atoms with van der Waals surface area (Å²) in [6, 6.07) is 16.7. The molecular weight excluding hydrogens is 294 g/mol. The van der Waals surface area contributed by atoms with Crippen molar-refractivity contribution in [1.82, 2.24) is 4.98 Å². The minimum atomic E-state index is -0.00273. The van der Waals surface area contributed by atoms with Crippen LogP contribution in [0.1, 0.15) is 43.7 Å². The largest absolute Gasteiger partial charge is 0.322 e. The highest BCUT2D eigenvalue weighted by Gasteiger charge is 2.11. The Morgan fingerprint density at radius 1 is 0.958 bits per heavy atom. The molecule has 24 heavy (non-hydrogen) atoms. The topological polar surface area (TPSA) is 32.9 Å². The molecule has 2 heteroatoms. The molecule has 0 saturated heterocycles. The van der Waals surface area contributed by atoms with E-state index in [4.69, 9.17) is 0 Å². The smallest absolute Gasteiger partial charge is 0.251 e. The number of fused-ring (bicyclic) bond motifs is 1. The van der Waals surface area contributed by atoms with Crippen LogP contribution in [0, 0.1) is 6.92 Å². The van der Waals surface area contributed by atoms with Gasteiger partial charge >= 0.3 is 0 Å². The van der Waals surface area contributed by atoms with Crippen molar-refractivity contribution >= 4 is 10.9 Å². The Balaban J connectivity index is 2.07. The Bertz CT molecular complexity index is 878. The van der Waals surface area contributed by atoms with Crippen LogP contribution in [0.2, 0.25) is 0 Å². The van der Waals surface area contributed by atoms with Crippen LogP contribution < -0.4 is 5.56 Å². The maximum atomic E-state index is 12.3. The summed E-state index contributed by atoms with van der Waals surface area (Å²) in [7, 11) is 0. The van der Waals surface area contributed by atoms with Crippen molar-refractivity contribution in [2.24, 2.45) is 0 Å². The van der Waals surface area contributed by atoms with E-state index in [0.29, 0.717) is 0 Å². The molecule has 3 aromatic rings. The van der Waals surface area contributed by atoms with Crippen molar-refractivity contribution in [3.8, 4) is 11.1 Å². The standard InChI is InChI=1S/C22H25NO/c1-3-4-5-7-10-17-13-14-20-19(15-17)21(16(2)22(24)23-20)18-11-8-6-9-12-18/h6,8-9,11-15H,3-5,7,10H2,1-2H3,(H,23,24). The van der Waals surface area contributed by atoms with Crippen molar-refractivity contribution in [3.05, 3.63) is 70.0 Å². The second-order valence-corrected chi connectivity index (χ2v) is 6.51. The lowest BCUT2D eigenvalue weighted by atomic mass is 9.95. The zero-order chi connectivity index (χ0) is 16.9. The Hall–Kier alpha value is -2.35. The van der Waals surface area contributed by atoms with Crippen LogP contribution in [-0.4, -0.2) is 4.98 Å². The molecule has 2 aromatic carbocycles. The SMILES string of the molecule is CCCCCCc1ccc2[nH]c(=O)c(C)c(-c3ccccc3)c2c1. The fourth-order valence-electron chi connectivity index (χ4n) is 3.33. The highest BCUT2D eigenvalue weighted by atomic mass is 16.1. The first kappa shape index (κ1) is 16.5. The zero-order valence-electron chi connectivity index (χ0n) is 14.6. The van der Waals surface area contributed by atoms with Crippen LogP contribution in [0.25, 0.3) is 22.0 Å². The fourth-order valence-corrected chi connectivity index (χ4v) is 3.33. The van der Waals surface area contributed by atoms with Crippen LogP contribution in [0.4, 0.5) is 0 Å². The molecule has 0 atom stereocenters. The Labute approximate surface area is 143 Å². The lowest BCUT2D eigenvalue weighted by Crippen LogP contribution is -2.11. The number of aromatic amines is 1. The molecule has 124 valence electrons. The van der Waals surface area contributed by atoms with Crippen molar-refractivity contribution in [3.63, 3.8) is 0 Å². The normalized spacial score (nSPS) is 11.1. The van der Waals surface area contributed by atoms with Crippen molar-refractivity contribution in [2.75, 3.05) is 0 Å². The van der Waals surface area contributed by atoms with E-state index in [1.807, 2.05) is 25.1 Å². The van der Waals surface area contributed by atoms with Gasteiger partial charge in [0.2, 0.25) is 0 Å². The van der Waals surface area contributed by atoms with Gasteiger partial charge in [-0.1, -0.05) is 62.6 Å². The molecule has 0 aliphatic heterocycles. The van der Waals surface area contributed by atoms with E-state index >= 15 is 0 Å². The van der Waals surface area contributed by atoms with Gasteiger partial charge in [-0.15, -0.1) is 0 Å². The Morgan fingerprint density at radius 3 is 2.50 bits per heavy atom. The van der Waals surface area contributed by atoms with Crippen molar-refractivity contribution in [2.45, 2.75) is 46.0 Å². The van der Waals surface area contributed by atoms with E-state index in [2.05, 4.69) is 42.2 Å².